The first kappa shape index (κ1) is 20.2. The molecule has 1 amide bonds. The molecule has 5 heterocycles. The van der Waals surface area contributed by atoms with Gasteiger partial charge in [0, 0.05) is 68.2 Å². The molecule has 4 aliphatic rings. The number of ether oxygens (including phenoxy) is 1. The van der Waals surface area contributed by atoms with Gasteiger partial charge < -0.3 is 14.2 Å². The van der Waals surface area contributed by atoms with E-state index in [1.165, 1.54) is 12.8 Å². The molecule has 32 heavy (non-hydrogen) atoms. The number of morpholine rings is 1. The van der Waals surface area contributed by atoms with Gasteiger partial charge in [-0.2, -0.15) is 0 Å². The highest BCUT2D eigenvalue weighted by Crippen LogP contribution is 2.42. The van der Waals surface area contributed by atoms with Gasteiger partial charge in [0.15, 0.2) is 0 Å². The highest BCUT2D eigenvalue weighted by atomic mass is 16.5. The van der Waals surface area contributed by atoms with Crippen molar-refractivity contribution in [2.45, 2.75) is 56.8 Å². The summed E-state index contributed by atoms with van der Waals surface area (Å²) in [6.07, 6.45) is 7.45. The zero-order valence-corrected chi connectivity index (χ0v) is 18.6. The summed E-state index contributed by atoms with van der Waals surface area (Å²) in [5, 5.41) is 0. The molecule has 4 atom stereocenters. The van der Waals surface area contributed by atoms with Crippen LogP contribution in [0.25, 0.3) is 0 Å². The number of hydrogen-bond acceptors (Lipinski definition) is 5. The number of pyridine rings is 1. The zero-order valence-electron chi connectivity index (χ0n) is 18.6. The summed E-state index contributed by atoms with van der Waals surface area (Å²) in [4.78, 5) is 35.7. The van der Waals surface area contributed by atoms with E-state index in [-0.39, 0.29) is 29.4 Å². The third-order valence-electron chi connectivity index (χ3n) is 7.58. The maximum Gasteiger partial charge on any atom is 0.251 e. The molecule has 2 bridgehead atoms. The minimum Gasteiger partial charge on any atom is -0.375 e. The summed E-state index contributed by atoms with van der Waals surface area (Å²) in [7, 11) is 0. The van der Waals surface area contributed by atoms with Crippen LogP contribution in [0.1, 0.15) is 55.7 Å². The Morgan fingerprint density at radius 2 is 2.09 bits per heavy atom. The van der Waals surface area contributed by atoms with Crippen molar-refractivity contribution in [3.63, 3.8) is 0 Å². The van der Waals surface area contributed by atoms with Crippen molar-refractivity contribution in [3.05, 3.63) is 52.5 Å². The van der Waals surface area contributed by atoms with Crippen LogP contribution >= 0.6 is 0 Å². The fraction of sp³-hybridized carbons (Fsp3) is 0.625. The Morgan fingerprint density at radius 3 is 2.91 bits per heavy atom. The van der Waals surface area contributed by atoms with Crippen LogP contribution in [-0.4, -0.2) is 68.7 Å². The Morgan fingerprint density at radius 1 is 1.22 bits per heavy atom. The smallest absolute Gasteiger partial charge is 0.251 e. The Kier molecular flexibility index (Phi) is 4.95. The molecule has 3 fully saturated rings. The van der Waals surface area contributed by atoms with Crippen LogP contribution in [0, 0.1) is 5.92 Å². The molecule has 1 saturated carbocycles. The zero-order chi connectivity index (χ0) is 21.8. The van der Waals surface area contributed by atoms with Crippen LogP contribution in [0.15, 0.2) is 35.4 Å². The van der Waals surface area contributed by atoms with Gasteiger partial charge in [0.05, 0.1) is 19.3 Å². The third kappa shape index (κ3) is 3.49. The fourth-order valence-corrected chi connectivity index (χ4v) is 6.03. The molecule has 0 radical (unpaired) electrons. The van der Waals surface area contributed by atoms with Gasteiger partial charge in [-0.15, -0.1) is 0 Å². The van der Waals surface area contributed by atoms with Crippen molar-refractivity contribution in [3.8, 4) is 0 Å². The van der Waals surface area contributed by atoms with Crippen molar-refractivity contribution >= 4 is 5.91 Å². The van der Waals surface area contributed by atoms with Gasteiger partial charge >= 0.3 is 0 Å². The number of carbonyl (C=O) groups excluding carboxylic acids is 1. The fourth-order valence-electron chi connectivity index (χ4n) is 6.03. The average molecular weight is 438 g/mol. The van der Waals surface area contributed by atoms with Gasteiger partial charge in [0.1, 0.15) is 11.9 Å². The molecule has 170 valence electrons. The molecule has 8 nitrogen and oxygen atoms in total. The number of amides is 1. The summed E-state index contributed by atoms with van der Waals surface area (Å²) in [6, 6.07) is 5.64. The topological polar surface area (TPSA) is 72.6 Å². The summed E-state index contributed by atoms with van der Waals surface area (Å²) in [5.74, 6) is 1.57. The van der Waals surface area contributed by atoms with E-state index in [0.717, 1.165) is 37.6 Å². The molecule has 0 N–H and O–H groups in total. The first-order chi connectivity index (χ1) is 15.6. The second-order valence-electron chi connectivity index (χ2n) is 9.94. The number of carbonyl (C=O) groups is 1. The number of fused-ring (bicyclic) bond motifs is 4. The Balaban J connectivity index is 1.31. The highest BCUT2D eigenvalue weighted by Gasteiger charge is 2.45. The van der Waals surface area contributed by atoms with Crippen molar-refractivity contribution in [1.82, 2.24) is 23.9 Å². The number of rotatable bonds is 4. The maximum absolute atomic E-state index is 13.8. The third-order valence-corrected chi connectivity index (χ3v) is 7.58. The van der Waals surface area contributed by atoms with Gasteiger partial charge in [-0.1, -0.05) is 6.07 Å². The molecular formula is C24H31N5O3. The first-order valence-corrected chi connectivity index (χ1v) is 11.9. The molecule has 0 aromatic carbocycles. The lowest BCUT2D eigenvalue weighted by Gasteiger charge is -2.47. The summed E-state index contributed by atoms with van der Waals surface area (Å²) in [5.41, 5.74) is 0.943. The van der Waals surface area contributed by atoms with Crippen LogP contribution in [-0.2, 0) is 16.1 Å². The second kappa shape index (κ2) is 7.85. The van der Waals surface area contributed by atoms with E-state index in [1.807, 2.05) is 34.7 Å². The van der Waals surface area contributed by atoms with E-state index in [2.05, 4.69) is 20.6 Å². The largest absolute Gasteiger partial charge is 0.375 e. The van der Waals surface area contributed by atoms with Crippen molar-refractivity contribution in [1.29, 1.82) is 0 Å². The summed E-state index contributed by atoms with van der Waals surface area (Å²) >= 11 is 0. The van der Waals surface area contributed by atoms with Gasteiger partial charge in [-0.25, -0.2) is 4.98 Å². The number of nitrogens with zero attached hydrogens (tertiary/aromatic N) is 5. The van der Waals surface area contributed by atoms with E-state index in [4.69, 9.17) is 4.74 Å². The predicted molar refractivity (Wildman–Crippen MR) is 118 cm³/mol. The van der Waals surface area contributed by atoms with E-state index >= 15 is 0 Å². The monoisotopic (exact) mass is 437 g/mol. The van der Waals surface area contributed by atoms with Crippen LogP contribution in [0.5, 0.6) is 0 Å². The summed E-state index contributed by atoms with van der Waals surface area (Å²) in [6.45, 7) is 6.24. The molecule has 0 unspecified atom stereocenters. The van der Waals surface area contributed by atoms with E-state index in [1.54, 1.807) is 6.07 Å². The average Bonchev–Trinajstić information content (AvgIpc) is 3.53. The van der Waals surface area contributed by atoms with Crippen molar-refractivity contribution in [2.75, 3.05) is 32.8 Å². The number of aromatic nitrogens is 3. The Hall–Kier alpha value is -2.45. The Bertz CT molecular complexity index is 1070. The second-order valence-corrected chi connectivity index (χ2v) is 9.94. The molecule has 1 aliphatic carbocycles. The van der Waals surface area contributed by atoms with Gasteiger partial charge in [-0.3, -0.25) is 19.1 Å². The minimum absolute atomic E-state index is 0.0279. The highest BCUT2D eigenvalue weighted by molar-refractivity contribution is 5.81. The van der Waals surface area contributed by atoms with Gasteiger partial charge in [0.25, 0.3) is 5.56 Å². The van der Waals surface area contributed by atoms with Crippen LogP contribution in [0.3, 0.4) is 0 Å². The SMILES string of the molecule is C[C@H]1CN(C(=O)[C@H]2[C@H]3C[C@H](CN(Cc4nccn4C4CC4)C3)c3cccc(=O)n32)CCO1. The molecule has 6 rings (SSSR count). The number of likely N-dealkylation sites (tertiary alicyclic amines) is 1. The molecule has 0 spiro atoms. The molecule has 3 aliphatic heterocycles. The van der Waals surface area contributed by atoms with E-state index < -0.39 is 6.04 Å². The van der Waals surface area contributed by atoms with Gasteiger partial charge in [0.2, 0.25) is 5.91 Å². The number of piperidine rings is 1. The van der Waals surface area contributed by atoms with Crippen LogP contribution in [0.2, 0.25) is 0 Å². The van der Waals surface area contributed by atoms with Crippen molar-refractivity contribution < 1.29 is 9.53 Å². The lowest BCUT2D eigenvalue weighted by Crippen LogP contribution is -2.55. The van der Waals surface area contributed by atoms with Crippen molar-refractivity contribution in [2.24, 2.45) is 5.92 Å². The molecule has 2 aromatic heterocycles. The number of imidazole rings is 1. The normalized spacial score (nSPS) is 30.2. The number of hydrogen-bond donors (Lipinski definition) is 0. The van der Waals surface area contributed by atoms with Crippen LogP contribution < -0.4 is 5.56 Å². The maximum atomic E-state index is 13.8. The Labute approximate surface area is 187 Å². The molecular weight excluding hydrogens is 406 g/mol. The van der Waals surface area contributed by atoms with E-state index in [0.29, 0.717) is 25.7 Å². The molecule has 8 heteroatoms. The molecule has 2 aromatic rings. The standard InChI is InChI=1S/C24H31N5O3/c1-16-12-27(9-10-32-16)24(31)23-18-11-17(20-3-2-4-22(30)29(20)23)13-26(14-18)15-21-25-7-8-28(21)19-5-6-19/h2-4,7-8,16-19,23H,5-6,9-15H2,1H3/t16-,17+,18-,23+/m0/s1. The lowest BCUT2D eigenvalue weighted by atomic mass is 9.78. The summed E-state index contributed by atoms with van der Waals surface area (Å²) < 4.78 is 9.78. The lowest BCUT2D eigenvalue weighted by molar-refractivity contribution is -0.145. The minimum atomic E-state index is -0.439. The van der Waals surface area contributed by atoms with E-state index in [9.17, 15) is 9.59 Å². The first-order valence-electron chi connectivity index (χ1n) is 11.9. The molecule has 2 saturated heterocycles. The van der Waals surface area contributed by atoms with Crippen LogP contribution in [0.4, 0.5) is 0 Å². The van der Waals surface area contributed by atoms with Gasteiger partial charge in [-0.05, 0) is 32.3 Å². The quantitative estimate of drug-likeness (QED) is 0.729. The predicted octanol–water partition coefficient (Wildman–Crippen LogP) is 1.79.